The average Bonchev–Trinajstić information content (AvgIpc) is 3.11. The quantitative estimate of drug-likeness (QED) is 0.299. The number of nitriles is 1. The van der Waals surface area contributed by atoms with Crippen molar-refractivity contribution in [3.63, 3.8) is 0 Å². The molecule has 32 heavy (non-hydrogen) atoms. The largest absolute Gasteiger partial charge is 0.382 e. The Kier molecular flexibility index (Phi) is 7.39. The Morgan fingerprint density at radius 3 is 2.59 bits per heavy atom. The first-order valence-corrected chi connectivity index (χ1v) is 10.2. The Bertz CT molecular complexity index is 1140. The first-order valence-electron chi connectivity index (χ1n) is 10.2. The summed E-state index contributed by atoms with van der Waals surface area (Å²) in [6, 6.07) is 13.0. The lowest BCUT2D eigenvalue weighted by Gasteiger charge is -2.12. The molecule has 3 rings (SSSR count). The minimum absolute atomic E-state index is 0.227. The summed E-state index contributed by atoms with van der Waals surface area (Å²) in [7, 11) is 1.66. The van der Waals surface area contributed by atoms with Crippen LogP contribution in [0.5, 0.6) is 0 Å². The van der Waals surface area contributed by atoms with Crippen LogP contribution in [0.1, 0.15) is 28.8 Å². The maximum absolute atomic E-state index is 13.7. The number of nitrogens with two attached hydrogens (primary N) is 1. The lowest BCUT2D eigenvalue weighted by Crippen LogP contribution is -2.37. The highest BCUT2D eigenvalue weighted by atomic mass is 19.1. The van der Waals surface area contributed by atoms with Gasteiger partial charge in [0, 0.05) is 20.1 Å². The van der Waals surface area contributed by atoms with E-state index in [0.29, 0.717) is 54.4 Å². The van der Waals surface area contributed by atoms with Crippen LogP contribution < -0.4 is 16.4 Å². The molecular weight excluding hydrogens is 412 g/mol. The predicted molar refractivity (Wildman–Crippen MR) is 120 cm³/mol. The number of hydrogen-bond acceptors (Lipinski definition) is 4. The van der Waals surface area contributed by atoms with Crippen molar-refractivity contribution in [1.29, 1.82) is 5.26 Å². The molecule has 0 aliphatic heterocycles. The second kappa shape index (κ2) is 10.4. The van der Waals surface area contributed by atoms with E-state index in [2.05, 4.69) is 26.8 Å². The van der Waals surface area contributed by atoms with E-state index in [1.165, 1.54) is 22.9 Å². The number of aryl methyl sites for hydroxylation is 2. The van der Waals surface area contributed by atoms with E-state index < -0.39 is 0 Å². The molecule has 2 aromatic carbocycles. The summed E-state index contributed by atoms with van der Waals surface area (Å²) in [6.45, 7) is 2.74. The Hall–Kier alpha value is -3.93. The number of aliphatic imine (C=N–C) groups is 1. The zero-order valence-electron chi connectivity index (χ0n) is 18.0. The van der Waals surface area contributed by atoms with Gasteiger partial charge in [-0.3, -0.25) is 4.99 Å². The maximum atomic E-state index is 13.7. The van der Waals surface area contributed by atoms with Crippen molar-refractivity contribution < 1.29 is 8.78 Å². The van der Waals surface area contributed by atoms with Crippen LogP contribution in [0.15, 0.2) is 47.5 Å². The summed E-state index contributed by atoms with van der Waals surface area (Å²) in [5.74, 6) is 0.216. The molecule has 1 aromatic heterocycles. The fraction of sp³-hybridized carbons (Fsp3) is 0.261. The Labute approximate surface area is 185 Å². The maximum Gasteiger partial charge on any atom is 0.191 e. The fourth-order valence-electron chi connectivity index (χ4n) is 3.17. The third-order valence-electron chi connectivity index (χ3n) is 4.98. The average molecular weight is 437 g/mol. The first-order chi connectivity index (χ1) is 15.4. The molecule has 0 atom stereocenters. The summed E-state index contributed by atoms with van der Waals surface area (Å²) >= 11 is 0. The predicted octanol–water partition coefficient (Wildman–Crippen LogP) is 3.21. The van der Waals surface area contributed by atoms with E-state index >= 15 is 0 Å². The molecule has 0 unspecified atom stereocenters. The normalized spacial score (nSPS) is 11.3. The van der Waals surface area contributed by atoms with Gasteiger partial charge in [0.1, 0.15) is 29.1 Å². The molecule has 0 bridgehead atoms. The second-order valence-corrected chi connectivity index (χ2v) is 7.25. The molecule has 0 radical (unpaired) electrons. The highest BCUT2D eigenvalue weighted by molar-refractivity contribution is 5.79. The summed E-state index contributed by atoms with van der Waals surface area (Å²) < 4.78 is 28.3. The van der Waals surface area contributed by atoms with E-state index in [9.17, 15) is 14.0 Å². The number of nitrogens with one attached hydrogen (secondary N) is 2. The van der Waals surface area contributed by atoms with Crippen LogP contribution in [0.3, 0.4) is 0 Å². The van der Waals surface area contributed by atoms with Crippen LogP contribution in [0, 0.1) is 29.9 Å². The molecule has 9 heteroatoms. The van der Waals surface area contributed by atoms with Crippen molar-refractivity contribution in [3.05, 3.63) is 76.5 Å². The number of hydrogen-bond donors (Lipinski definition) is 3. The molecule has 0 spiro atoms. The van der Waals surface area contributed by atoms with E-state index in [1.54, 1.807) is 32.2 Å². The van der Waals surface area contributed by atoms with E-state index in [4.69, 9.17) is 5.73 Å². The molecule has 0 aliphatic carbocycles. The highest BCUT2D eigenvalue weighted by Crippen LogP contribution is 2.21. The van der Waals surface area contributed by atoms with Gasteiger partial charge in [-0.2, -0.15) is 10.4 Å². The van der Waals surface area contributed by atoms with Gasteiger partial charge < -0.3 is 16.4 Å². The molecular formula is C23H25F2N7. The molecule has 0 aliphatic rings. The van der Waals surface area contributed by atoms with Crippen LogP contribution in [0.4, 0.5) is 14.6 Å². The van der Waals surface area contributed by atoms with Crippen molar-refractivity contribution in [1.82, 2.24) is 20.4 Å². The molecule has 0 saturated heterocycles. The van der Waals surface area contributed by atoms with Gasteiger partial charge in [0.2, 0.25) is 0 Å². The van der Waals surface area contributed by atoms with Gasteiger partial charge in [0.25, 0.3) is 0 Å². The lowest BCUT2D eigenvalue weighted by molar-refractivity contribution is 0.615. The van der Waals surface area contributed by atoms with Gasteiger partial charge in [0.15, 0.2) is 5.96 Å². The van der Waals surface area contributed by atoms with Crippen molar-refractivity contribution in [2.45, 2.75) is 26.3 Å². The van der Waals surface area contributed by atoms with Crippen LogP contribution in [-0.2, 0) is 13.0 Å². The molecule has 0 amide bonds. The van der Waals surface area contributed by atoms with Gasteiger partial charge in [-0.15, -0.1) is 0 Å². The summed E-state index contributed by atoms with van der Waals surface area (Å²) in [5, 5.41) is 20.3. The lowest BCUT2D eigenvalue weighted by atomic mass is 10.1. The third-order valence-corrected chi connectivity index (χ3v) is 4.98. The highest BCUT2D eigenvalue weighted by Gasteiger charge is 2.16. The standard InChI is InChI=1S/C23H25F2N7/c1-15-5-6-16(12-20(15)25)14-30-23(28-2)29-11-3-4-21-19(13-26)22(27)32(31-21)18-9-7-17(24)8-10-18/h5-10,12H,3-4,11,14,27H2,1-2H3,(H2,28,29,30). The van der Waals surface area contributed by atoms with Gasteiger partial charge in [-0.1, -0.05) is 12.1 Å². The zero-order valence-corrected chi connectivity index (χ0v) is 18.0. The van der Waals surface area contributed by atoms with Gasteiger partial charge in [-0.05, 0) is 61.2 Å². The van der Waals surface area contributed by atoms with Crippen LogP contribution in [0.2, 0.25) is 0 Å². The number of guanidine groups is 1. The minimum atomic E-state index is -0.360. The van der Waals surface area contributed by atoms with Crippen LogP contribution >= 0.6 is 0 Å². The van der Waals surface area contributed by atoms with Crippen LogP contribution in [-0.4, -0.2) is 29.3 Å². The number of aromatic nitrogens is 2. The number of anilines is 1. The zero-order chi connectivity index (χ0) is 23.1. The Morgan fingerprint density at radius 1 is 1.19 bits per heavy atom. The van der Waals surface area contributed by atoms with E-state index in [1.807, 2.05) is 6.07 Å². The number of benzene rings is 2. The molecule has 3 aromatic rings. The van der Waals surface area contributed by atoms with E-state index in [-0.39, 0.29) is 17.5 Å². The van der Waals surface area contributed by atoms with Crippen molar-refractivity contribution in [2.24, 2.45) is 4.99 Å². The topological polar surface area (TPSA) is 104 Å². The Morgan fingerprint density at radius 2 is 1.94 bits per heavy atom. The molecule has 4 N–H and O–H groups in total. The molecule has 166 valence electrons. The minimum Gasteiger partial charge on any atom is -0.382 e. The number of rotatable bonds is 7. The molecule has 1 heterocycles. The number of halogens is 2. The summed E-state index contributed by atoms with van der Waals surface area (Å²) in [5.41, 5.74) is 8.99. The molecule has 0 fully saturated rings. The van der Waals surface area contributed by atoms with Crippen LogP contribution in [0.25, 0.3) is 5.69 Å². The van der Waals surface area contributed by atoms with Crippen molar-refractivity contribution >= 4 is 11.8 Å². The Balaban J connectivity index is 1.55. The SMILES string of the molecule is CN=C(NCCCc1nn(-c2ccc(F)cc2)c(N)c1C#N)NCc1ccc(C)c(F)c1. The first kappa shape index (κ1) is 22.7. The third kappa shape index (κ3) is 5.40. The fourth-order valence-corrected chi connectivity index (χ4v) is 3.17. The van der Waals surface area contributed by atoms with E-state index in [0.717, 1.165) is 5.56 Å². The monoisotopic (exact) mass is 437 g/mol. The smallest absolute Gasteiger partial charge is 0.191 e. The molecule has 7 nitrogen and oxygen atoms in total. The van der Waals surface area contributed by atoms with Gasteiger partial charge in [0.05, 0.1) is 11.4 Å². The summed E-state index contributed by atoms with van der Waals surface area (Å²) in [6.07, 6.45) is 1.20. The van der Waals surface area contributed by atoms with Gasteiger partial charge >= 0.3 is 0 Å². The molecule has 0 saturated carbocycles. The van der Waals surface area contributed by atoms with Gasteiger partial charge in [-0.25, -0.2) is 13.5 Å². The van der Waals surface area contributed by atoms with Crippen molar-refractivity contribution in [2.75, 3.05) is 19.3 Å². The van der Waals surface area contributed by atoms with Crippen molar-refractivity contribution in [3.8, 4) is 11.8 Å². The second-order valence-electron chi connectivity index (χ2n) is 7.25. The number of nitrogens with zero attached hydrogens (tertiary/aromatic N) is 4. The summed E-state index contributed by atoms with van der Waals surface area (Å²) in [4.78, 5) is 4.16. The number of nitrogen functional groups attached to an aromatic ring is 1.